The molecule has 1 amide bonds. The van der Waals surface area contributed by atoms with Crippen LogP contribution in [0.15, 0.2) is 18.7 Å². The van der Waals surface area contributed by atoms with Crippen LogP contribution in [-0.2, 0) is 9.47 Å². The summed E-state index contributed by atoms with van der Waals surface area (Å²) in [6.07, 6.45) is 1.97. The van der Waals surface area contributed by atoms with Gasteiger partial charge in [-0.15, -0.1) is 0 Å². The van der Waals surface area contributed by atoms with Gasteiger partial charge in [0.25, 0.3) is 0 Å². The minimum absolute atomic E-state index is 0.0849. The SMILES string of the molecule is COC(=O)c1cc(-n2ncnc2[C@H](C)NC(=O)OC(C)(C)C)ncn1. The standard InChI is InChI=1S/C15H20N6O4/c1-9(20-14(23)25-15(2,3)4)12-18-8-19-21(12)11-6-10(13(22)24-5)16-7-17-11/h6-9H,1-5H3,(H,20,23)/t9-/m0/s1. The molecule has 0 aromatic carbocycles. The molecule has 2 heterocycles. The van der Waals surface area contributed by atoms with Gasteiger partial charge in [-0.05, 0) is 27.7 Å². The first kappa shape index (κ1) is 18.3. The van der Waals surface area contributed by atoms with Gasteiger partial charge in [0.05, 0.1) is 13.2 Å². The van der Waals surface area contributed by atoms with Crippen LogP contribution in [0.1, 0.15) is 50.0 Å². The maximum Gasteiger partial charge on any atom is 0.408 e. The van der Waals surface area contributed by atoms with Gasteiger partial charge in [-0.1, -0.05) is 0 Å². The van der Waals surface area contributed by atoms with E-state index in [0.717, 1.165) is 0 Å². The number of amides is 1. The molecule has 0 aliphatic heterocycles. The number of nitrogens with zero attached hydrogens (tertiary/aromatic N) is 5. The zero-order valence-electron chi connectivity index (χ0n) is 14.7. The molecule has 0 unspecified atom stereocenters. The van der Waals surface area contributed by atoms with Crippen LogP contribution in [0.3, 0.4) is 0 Å². The predicted molar refractivity (Wildman–Crippen MR) is 86.1 cm³/mol. The van der Waals surface area contributed by atoms with Gasteiger partial charge in [0, 0.05) is 6.07 Å². The van der Waals surface area contributed by atoms with Gasteiger partial charge in [-0.25, -0.2) is 24.5 Å². The van der Waals surface area contributed by atoms with Crippen LogP contribution in [0.2, 0.25) is 0 Å². The molecule has 2 aromatic heterocycles. The number of hydrogen-bond donors (Lipinski definition) is 1. The van der Waals surface area contributed by atoms with Gasteiger partial charge in [0.2, 0.25) is 0 Å². The van der Waals surface area contributed by atoms with E-state index in [4.69, 9.17) is 4.74 Å². The lowest BCUT2D eigenvalue weighted by Crippen LogP contribution is -2.35. The summed E-state index contributed by atoms with van der Waals surface area (Å²) in [7, 11) is 1.26. The number of esters is 1. The first-order chi connectivity index (χ1) is 11.7. The van der Waals surface area contributed by atoms with Gasteiger partial charge >= 0.3 is 12.1 Å². The minimum Gasteiger partial charge on any atom is -0.464 e. The van der Waals surface area contributed by atoms with Crippen molar-refractivity contribution >= 4 is 12.1 Å². The topological polar surface area (TPSA) is 121 Å². The Balaban J connectivity index is 2.23. The highest BCUT2D eigenvalue weighted by Gasteiger charge is 2.22. The molecule has 2 aromatic rings. The van der Waals surface area contributed by atoms with Gasteiger partial charge in [0.15, 0.2) is 17.3 Å². The Morgan fingerprint density at radius 2 is 1.92 bits per heavy atom. The second-order valence-corrected chi connectivity index (χ2v) is 6.15. The average Bonchev–Trinajstić information content (AvgIpc) is 3.02. The molecule has 0 aliphatic carbocycles. The van der Waals surface area contributed by atoms with Crippen LogP contribution >= 0.6 is 0 Å². The molecule has 10 nitrogen and oxygen atoms in total. The summed E-state index contributed by atoms with van der Waals surface area (Å²) in [5, 5.41) is 6.76. The quantitative estimate of drug-likeness (QED) is 0.824. The number of carbonyl (C=O) groups excluding carboxylic acids is 2. The molecule has 0 saturated heterocycles. The normalized spacial score (nSPS) is 12.4. The Labute approximate surface area is 144 Å². The van der Waals surface area contributed by atoms with Crippen molar-refractivity contribution in [3.05, 3.63) is 30.2 Å². The summed E-state index contributed by atoms with van der Waals surface area (Å²) in [6.45, 7) is 7.05. The molecule has 2 rings (SSSR count). The Morgan fingerprint density at radius 1 is 1.20 bits per heavy atom. The fourth-order valence-electron chi connectivity index (χ4n) is 1.95. The molecule has 134 valence electrons. The van der Waals surface area contributed by atoms with Crippen LogP contribution < -0.4 is 5.32 Å². The lowest BCUT2D eigenvalue weighted by Gasteiger charge is -2.21. The molecule has 0 saturated carbocycles. The van der Waals surface area contributed by atoms with Crippen molar-refractivity contribution in [3.63, 3.8) is 0 Å². The van der Waals surface area contributed by atoms with Crippen molar-refractivity contribution in [1.82, 2.24) is 30.0 Å². The molecule has 25 heavy (non-hydrogen) atoms. The lowest BCUT2D eigenvalue weighted by atomic mass is 10.2. The van der Waals surface area contributed by atoms with Gasteiger partial charge in [-0.2, -0.15) is 9.78 Å². The lowest BCUT2D eigenvalue weighted by molar-refractivity contribution is 0.0504. The third-order valence-corrected chi connectivity index (χ3v) is 2.96. The minimum atomic E-state index is -0.612. The van der Waals surface area contributed by atoms with E-state index in [1.165, 1.54) is 30.5 Å². The third kappa shape index (κ3) is 4.72. The Morgan fingerprint density at radius 3 is 2.56 bits per heavy atom. The summed E-state index contributed by atoms with van der Waals surface area (Å²) < 4.78 is 11.3. The Bertz CT molecular complexity index is 767. The molecule has 10 heteroatoms. The van der Waals surface area contributed by atoms with Crippen LogP contribution in [0.25, 0.3) is 5.82 Å². The summed E-state index contributed by atoms with van der Waals surface area (Å²) in [4.78, 5) is 35.6. The van der Waals surface area contributed by atoms with Crippen molar-refractivity contribution in [2.45, 2.75) is 39.3 Å². The highest BCUT2D eigenvalue weighted by atomic mass is 16.6. The maximum absolute atomic E-state index is 11.9. The smallest absolute Gasteiger partial charge is 0.408 e. The number of rotatable bonds is 4. The van der Waals surface area contributed by atoms with Crippen LogP contribution in [0, 0.1) is 0 Å². The molecule has 0 aliphatic rings. The Kier molecular flexibility index (Phi) is 5.30. The van der Waals surface area contributed by atoms with E-state index in [1.807, 2.05) is 0 Å². The van der Waals surface area contributed by atoms with E-state index in [-0.39, 0.29) is 5.69 Å². The van der Waals surface area contributed by atoms with Crippen molar-refractivity contribution in [2.24, 2.45) is 0 Å². The molecule has 1 N–H and O–H groups in total. The van der Waals surface area contributed by atoms with E-state index in [2.05, 4.69) is 30.1 Å². The van der Waals surface area contributed by atoms with Gasteiger partial charge < -0.3 is 14.8 Å². The van der Waals surface area contributed by atoms with Gasteiger partial charge in [-0.3, -0.25) is 0 Å². The summed E-state index contributed by atoms with van der Waals surface area (Å²) in [5.41, 5.74) is -0.527. The van der Waals surface area contributed by atoms with Crippen molar-refractivity contribution < 1.29 is 19.1 Å². The zero-order chi connectivity index (χ0) is 18.6. The third-order valence-electron chi connectivity index (χ3n) is 2.96. The number of carbonyl (C=O) groups is 2. The van der Waals surface area contributed by atoms with Gasteiger partial charge in [0.1, 0.15) is 18.3 Å². The number of methoxy groups -OCH3 is 1. The van der Waals surface area contributed by atoms with Crippen LogP contribution in [-0.4, -0.2) is 49.5 Å². The van der Waals surface area contributed by atoms with Crippen molar-refractivity contribution in [2.75, 3.05) is 7.11 Å². The molecule has 1 atom stereocenters. The van der Waals surface area contributed by atoms with Crippen LogP contribution in [0.4, 0.5) is 4.79 Å². The first-order valence-corrected chi connectivity index (χ1v) is 7.51. The highest BCUT2D eigenvalue weighted by Crippen LogP contribution is 2.15. The second kappa shape index (κ2) is 7.24. The number of hydrogen-bond acceptors (Lipinski definition) is 8. The van der Waals surface area contributed by atoms with Crippen LogP contribution in [0.5, 0.6) is 0 Å². The molecule has 0 bridgehead atoms. The average molecular weight is 348 g/mol. The predicted octanol–water partition coefficient (Wildman–Crippen LogP) is 1.43. The number of aromatic nitrogens is 5. The van der Waals surface area contributed by atoms with E-state index < -0.39 is 23.7 Å². The Hall–Kier alpha value is -3.04. The molecular formula is C15H20N6O4. The fraction of sp³-hybridized carbons (Fsp3) is 0.467. The van der Waals surface area contributed by atoms with E-state index in [1.54, 1.807) is 27.7 Å². The van der Waals surface area contributed by atoms with E-state index in [9.17, 15) is 9.59 Å². The summed E-state index contributed by atoms with van der Waals surface area (Å²) >= 11 is 0. The van der Waals surface area contributed by atoms with E-state index in [0.29, 0.717) is 11.6 Å². The second-order valence-electron chi connectivity index (χ2n) is 6.15. The number of ether oxygens (including phenoxy) is 2. The first-order valence-electron chi connectivity index (χ1n) is 7.51. The fourth-order valence-corrected chi connectivity index (χ4v) is 1.95. The summed E-state index contributed by atoms with van der Waals surface area (Å²) in [5.74, 6) is 0.145. The highest BCUT2D eigenvalue weighted by molar-refractivity contribution is 5.87. The molecule has 0 fully saturated rings. The molecular weight excluding hydrogens is 328 g/mol. The summed E-state index contributed by atoms with van der Waals surface area (Å²) in [6, 6.07) is 0.915. The zero-order valence-corrected chi connectivity index (χ0v) is 14.7. The largest absolute Gasteiger partial charge is 0.464 e. The molecule has 0 radical (unpaired) electrons. The monoisotopic (exact) mass is 348 g/mol. The number of alkyl carbamates (subject to hydrolysis) is 1. The number of nitrogens with one attached hydrogen (secondary N) is 1. The maximum atomic E-state index is 11.9. The molecule has 0 spiro atoms. The van der Waals surface area contributed by atoms with E-state index >= 15 is 0 Å². The van der Waals surface area contributed by atoms with Crippen molar-refractivity contribution in [3.8, 4) is 5.82 Å². The van der Waals surface area contributed by atoms with Crippen molar-refractivity contribution in [1.29, 1.82) is 0 Å².